The molecule has 0 unspecified atom stereocenters. The minimum absolute atomic E-state index is 0.0943. The third kappa shape index (κ3) is 2.92. The summed E-state index contributed by atoms with van der Waals surface area (Å²) in [4.78, 5) is 40.3. The fraction of sp³-hybridized carbons (Fsp3) is 0.250. The zero-order valence-corrected chi connectivity index (χ0v) is 13.6. The predicted octanol–water partition coefficient (Wildman–Crippen LogP) is 1.28. The molecule has 8 heteroatoms. The summed E-state index contributed by atoms with van der Waals surface area (Å²) in [5.41, 5.74) is 1.49. The number of carboxylic acids is 1. The molecule has 0 radical (unpaired) electrons. The summed E-state index contributed by atoms with van der Waals surface area (Å²) in [6.45, 7) is 1.13. The van der Waals surface area contributed by atoms with Gasteiger partial charge in [0.2, 0.25) is 0 Å². The van der Waals surface area contributed by atoms with E-state index in [1.54, 1.807) is 24.4 Å². The van der Waals surface area contributed by atoms with Gasteiger partial charge >= 0.3 is 11.9 Å². The smallest absolute Gasteiger partial charge is 0.352 e. The molecule has 1 atom stereocenters. The summed E-state index contributed by atoms with van der Waals surface area (Å²) in [6, 6.07) is 5.36. The van der Waals surface area contributed by atoms with Crippen LogP contribution >= 0.6 is 11.8 Å². The van der Waals surface area contributed by atoms with E-state index >= 15 is 0 Å². The van der Waals surface area contributed by atoms with Gasteiger partial charge in [0.1, 0.15) is 17.7 Å². The van der Waals surface area contributed by atoms with Crippen LogP contribution in [0, 0.1) is 0 Å². The Labute approximate surface area is 142 Å². The normalized spacial score (nSPS) is 21.4. The Kier molecular flexibility index (Phi) is 4.39. The zero-order valence-electron chi connectivity index (χ0n) is 12.8. The fourth-order valence-corrected chi connectivity index (χ4v) is 3.81. The van der Waals surface area contributed by atoms with E-state index in [4.69, 9.17) is 4.74 Å². The molecular formula is C16H14N2O5S. The number of thioether (sulfide) groups is 1. The van der Waals surface area contributed by atoms with Gasteiger partial charge in [-0.25, -0.2) is 4.79 Å². The first-order chi connectivity index (χ1) is 11.5. The van der Waals surface area contributed by atoms with Crippen LogP contribution in [0.25, 0.3) is 6.08 Å². The number of β-lactam (4-membered cyclic amide) rings is 1. The van der Waals surface area contributed by atoms with Crippen LogP contribution in [0.5, 0.6) is 0 Å². The number of nitrogens with zero attached hydrogens (tertiary/aromatic N) is 2. The average molecular weight is 346 g/mol. The second kappa shape index (κ2) is 6.48. The van der Waals surface area contributed by atoms with Gasteiger partial charge in [-0.3, -0.25) is 19.5 Å². The largest absolute Gasteiger partial charge is 0.477 e. The topological polar surface area (TPSA) is 96.8 Å². The molecule has 7 nitrogen and oxygen atoms in total. The highest BCUT2D eigenvalue weighted by molar-refractivity contribution is 8.00. The van der Waals surface area contributed by atoms with Gasteiger partial charge in [0.15, 0.2) is 0 Å². The van der Waals surface area contributed by atoms with Crippen LogP contribution < -0.4 is 0 Å². The lowest BCUT2D eigenvalue weighted by atomic mass is 10.0. The SMILES string of the molecule is CC(=O)OCC1=C(C(=O)O)N2C(=O)C(=Cc3ccccn3)[C@@H]2SC1. The Balaban J connectivity index is 1.88. The van der Waals surface area contributed by atoms with Gasteiger partial charge in [-0.15, -0.1) is 11.8 Å². The van der Waals surface area contributed by atoms with Crippen LogP contribution in [0.3, 0.4) is 0 Å². The predicted molar refractivity (Wildman–Crippen MR) is 86.6 cm³/mol. The molecule has 0 spiro atoms. The maximum atomic E-state index is 12.4. The second-order valence-corrected chi connectivity index (χ2v) is 6.30. The van der Waals surface area contributed by atoms with E-state index in [9.17, 15) is 19.5 Å². The molecule has 0 bridgehead atoms. The van der Waals surface area contributed by atoms with E-state index < -0.39 is 11.9 Å². The molecular weight excluding hydrogens is 332 g/mol. The number of ether oxygens (including phenoxy) is 1. The molecule has 0 saturated carbocycles. The monoisotopic (exact) mass is 346 g/mol. The van der Waals surface area contributed by atoms with E-state index in [-0.39, 0.29) is 23.6 Å². The van der Waals surface area contributed by atoms with Crippen LogP contribution in [-0.4, -0.2) is 50.6 Å². The van der Waals surface area contributed by atoms with E-state index in [1.807, 2.05) is 6.07 Å². The summed E-state index contributed by atoms with van der Waals surface area (Å²) < 4.78 is 4.89. The molecule has 3 rings (SSSR count). The van der Waals surface area contributed by atoms with E-state index in [0.29, 0.717) is 22.6 Å². The molecule has 1 saturated heterocycles. The summed E-state index contributed by atoms with van der Waals surface area (Å²) >= 11 is 1.42. The summed E-state index contributed by atoms with van der Waals surface area (Å²) in [7, 11) is 0. The number of aliphatic carboxylic acids is 1. The first kappa shape index (κ1) is 16.3. The summed E-state index contributed by atoms with van der Waals surface area (Å²) in [5, 5.41) is 9.10. The van der Waals surface area contributed by atoms with E-state index in [2.05, 4.69) is 4.98 Å². The number of aromatic nitrogens is 1. The maximum absolute atomic E-state index is 12.4. The number of hydrogen-bond acceptors (Lipinski definition) is 6. The zero-order chi connectivity index (χ0) is 17.3. The Morgan fingerprint density at radius 1 is 1.50 bits per heavy atom. The van der Waals surface area contributed by atoms with Crippen molar-refractivity contribution in [3.63, 3.8) is 0 Å². The van der Waals surface area contributed by atoms with Crippen LogP contribution in [0.15, 0.2) is 41.2 Å². The molecule has 2 aliphatic heterocycles. The Morgan fingerprint density at radius 2 is 2.29 bits per heavy atom. The number of esters is 1. The van der Waals surface area contributed by atoms with Gasteiger partial charge in [-0.05, 0) is 18.2 Å². The lowest BCUT2D eigenvalue weighted by molar-refractivity contribution is -0.142. The maximum Gasteiger partial charge on any atom is 0.352 e. The number of carbonyl (C=O) groups is 3. The Bertz CT molecular complexity index is 772. The molecule has 1 fully saturated rings. The van der Waals surface area contributed by atoms with E-state index in [1.165, 1.54) is 23.6 Å². The van der Waals surface area contributed by atoms with Gasteiger partial charge in [-0.1, -0.05) is 6.07 Å². The van der Waals surface area contributed by atoms with Crippen LogP contribution in [0.1, 0.15) is 12.6 Å². The van der Waals surface area contributed by atoms with Gasteiger partial charge in [0, 0.05) is 24.4 Å². The standard InChI is InChI=1S/C16H14N2O5S/c1-9(19)23-7-10-8-24-15-12(6-11-4-2-3-5-17-11)14(20)18(15)13(10)16(21)22/h2-6,15H,7-8H2,1H3,(H,21,22)/t15-/m0/s1. The van der Waals surface area contributed by atoms with Crippen molar-refractivity contribution in [2.75, 3.05) is 12.4 Å². The third-order valence-electron chi connectivity index (χ3n) is 3.60. The van der Waals surface area contributed by atoms with Crippen LogP contribution in [-0.2, 0) is 19.1 Å². The lowest BCUT2D eigenvalue weighted by Crippen LogP contribution is -2.56. The van der Waals surface area contributed by atoms with E-state index in [0.717, 1.165) is 0 Å². The van der Waals surface area contributed by atoms with Crippen molar-refractivity contribution in [1.29, 1.82) is 0 Å². The summed E-state index contributed by atoms with van der Waals surface area (Å²) in [5.74, 6) is -1.68. The van der Waals surface area contributed by atoms with Crippen molar-refractivity contribution < 1.29 is 24.2 Å². The average Bonchev–Trinajstić information content (AvgIpc) is 2.57. The quantitative estimate of drug-likeness (QED) is 0.498. The van der Waals surface area contributed by atoms with Gasteiger partial charge < -0.3 is 9.84 Å². The highest BCUT2D eigenvalue weighted by Gasteiger charge is 2.49. The minimum Gasteiger partial charge on any atom is -0.477 e. The van der Waals surface area contributed by atoms with Crippen molar-refractivity contribution in [3.8, 4) is 0 Å². The van der Waals surface area contributed by atoms with Gasteiger partial charge in [-0.2, -0.15) is 0 Å². The highest BCUT2D eigenvalue weighted by atomic mass is 32.2. The van der Waals surface area contributed by atoms with Gasteiger partial charge in [0.25, 0.3) is 5.91 Å². The molecule has 1 aromatic rings. The molecule has 3 heterocycles. The Morgan fingerprint density at radius 3 is 2.92 bits per heavy atom. The van der Waals surface area contributed by atoms with Crippen LogP contribution in [0.4, 0.5) is 0 Å². The third-order valence-corrected chi connectivity index (χ3v) is 4.90. The van der Waals surface area contributed by atoms with Crippen LogP contribution in [0.2, 0.25) is 0 Å². The second-order valence-electron chi connectivity index (χ2n) is 5.23. The first-order valence-electron chi connectivity index (χ1n) is 7.15. The number of carbonyl (C=O) groups excluding carboxylic acids is 2. The molecule has 0 aromatic carbocycles. The van der Waals surface area contributed by atoms with Crippen molar-refractivity contribution in [1.82, 2.24) is 9.88 Å². The number of fused-ring (bicyclic) bond motifs is 1. The molecule has 0 aliphatic carbocycles. The molecule has 1 aromatic heterocycles. The van der Waals surface area contributed by atoms with Gasteiger partial charge in [0.05, 0.1) is 11.3 Å². The number of rotatable bonds is 4. The highest BCUT2D eigenvalue weighted by Crippen LogP contribution is 2.44. The van der Waals surface area contributed by atoms with Crippen molar-refractivity contribution in [2.45, 2.75) is 12.3 Å². The van der Waals surface area contributed by atoms with Crippen molar-refractivity contribution in [2.24, 2.45) is 0 Å². The minimum atomic E-state index is -1.20. The number of carboxylic acid groups (broad SMARTS) is 1. The number of pyridine rings is 1. The summed E-state index contributed by atoms with van der Waals surface area (Å²) in [6.07, 6.45) is 3.30. The number of hydrogen-bond donors (Lipinski definition) is 1. The molecule has 1 amide bonds. The molecule has 24 heavy (non-hydrogen) atoms. The molecule has 1 N–H and O–H groups in total. The van der Waals surface area contributed by atoms with Crippen molar-refractivity contribution >= 4 is 35.7 Å². The lowest BCUT2D eigenvalue weighted by Gasteiger charge is -2.45. The van der Waals surface area contributed by atoms with Crippen molar-refractivity contribution in [3.05, 3.63) is 46.9 Å². The molecule has 2 aliphatic rings. The first-order valence-corrected chi connectivity index (χ1v) is 8.20. The fourth-order valence-electron chi connectivity index (χ4n) is 2.53. The molecule has 124 valence electrons. The Hall–Kier alpha value is -2.61. The number of amides is 1.